The Hall–Kier alpha value is -1.99. The standard InChI is InChI=1S/C16H17N5OS/c1-2-14(20-6-4-16(10-20)5-7-22-11-16)19-21-13(1)17-18-15(21)12-3-8-23-9-12/h1-3,8-9H,4-7,10-11H2. The molecule has 1 unspecified atom stereocenters. The van der Waals surface area contributed by atoms with E-state index in [1.54, 1.807) is 11.3 Å². The minimum absolute atomic E-state index is 0.333. The first-order valence-electron chi connectivity index (χ1n) is 7.91. The summed E-state index contributed by atoms with van der Waals surface area (Å²) in [5, 5.41) is 17.5. The van der Waals surface area contributed by atoms with E-state index in [0.717, 1.165) is 49.2 Å². The molecule has 2 saturated heterocycles. The molecule has 0 aromatic carbocycles. The van der Waals surface area contributed by atoms with E-state index < -0.39 is 0 Å². The predicted molar refractivity (Wildman–Crippen MR) is 88.8 cm³/mol. The number of thiophene rings is 1. The van der Waals surface area contributed by atoms with Crippen LogP contribution >= 0.6 is 11.3 Å². The average Bonchev–Trinajstić information content (AvgIpc) is 3.36. The Labute approximate surface area is 137 Å². The van der Waals surface area contributed by atoms with Crippen molar-refractivity contribution in [2.24, 2.45) is 5.41 Å². The van der Waals surface area contributed by atoms with Gasteiger partial charge in [0.2, 0.25) is 0 Å². The first-order chi connectivity index (χ1) is 11.3. The minimum atomic E-state index is 0.333. The number of hydrogen-bond donors (Lipinski definition) is 0. The van der Waals surface area contributed by atoms with Gasteiger partial charge < -0.3 is 9.64 Å². The number of nitrogens with zero attached hydrogens (tertiary/aromatic N) is 5. The number of ether oxygens (including phenoxy) is 1. The first-order valence-corrected chi connectivity index (χ1v) is 8.85. The van der Waals surface area contributed by atoms with Gasteiger partial charge in [-0.2, -0.15) is 15.9 Å². The van der Waals surface area contributed by atoms with Gasteiger partial charge in [-0.1, -0.05) is 0 Å². The third-order valence-electron chi connectivity index (χ3n) is 4.98. The van der Waals surface area contributed by atoms with Gasteiger partial charge in [0.05, 0.1) is 6.61 Å². The molecule has 5 heterocycles. The zero-order chi connectivity index (χ0) is 15.3. The van der Waals surface area contributed by atoms with Crippen LogP contribution in [0.4, 0.5) is 5.82 Å². The van der Waals surface area contributed by atoms with E-state index >= 15 is 0 Å². The Morgan fingerprint density at radius 2 is 2.17 bits per heavy atom. The minimum Gasteiger partial charge on any atom is -0.381 e. The number of anilines is 1. The van der Waals surface area contributed by atoms with Crippen LogP contribution in [-0.2, 0) is 4.74 Å². The molecule has 2 fully saturated rings. The van der Waals surface area contributed by atoms with Crippen LogP contribution in [0.2, 0.25) is 0 Å². The Kier molecular flexibility index (Phi) is 2.93. The van der Waals surface area contributed by atoms with Gasteiger partial charge >= 0.3 is 0 Å². The van der Waals surface area contributed by atoms with Crippen molar-refractivity contribution in [3.8, 4) is 11.4 Å². The van der Waals surface area contributed by atoms with E-state index in [9.17, 15) is 0 Å². The van der Waals surface area contributed by atoms with Gasteiger partial charge in [0.15, 0.2) is 11.5 Å². The number of aromatic nitrogens is 4. The van der Waals surface area contributed by atoms with Gasteiger partial charge in [-0.15, -0.1) is 15.3 Å². The van der Waals surface area contributed by atoms with Crippen molar-refractivity contribution in [2.75, 3.05) is 31.2 Å². The van der Waals surface area contributed by atoms with Gasteiger partial charge in [0.25, 0.3) is 0 Å². The maximum atomic E-state index is 5.62. The lowest BCUT2D eigenvalue weighted by Gasteiger charge is -2.22. The van der Waals surface area contributed by atoms with Crippen LogP contribution in [0.3, 0.4) is 0 Å². The second-order valence-electron chi connectivity index (χ2n) is 6.47. The molecule has 0 saturated carbocycles. The summed E-state index contributed by atoms with van der Waals surface area (Å²) in [5.74, 6) is 1.80. The maximum absolute atomic E-state index is 5.62. The van der Waals surface area contributed by atoms with Crippen molar-refractivity contribution in [1.29, 1.82) is 0 Å². The van der Waals surface area contributed by atoms with Crippen molar-refractivity contribution < 1.29 is 4.74 Å². The van der Waals surface area contributed by atoms with Crippen molar-refractivity contribution >= 4 is 22.8 Å². The smallest absolute Gasteiger partial charge is 0.186 e. The third kappa shape index (κ3) is 2.14. The summed E-state index contributed by atoms with van der Waals surface area (Å²) in [5.41, 5.74) is 2.18. The molecule has 0 amide bonds. The van der Waals surface area contributed by atoms with E-state index in [-0.39, 0.29) is 0 Å². The van der Waals surface area contributed by atoms with Gasteiger partial charge in [0.1, 0.15) is 5.82 Å². The summed E-state index contributed by atoms with van der Waals surface area (Å²) in [4.78, 5) is 2.37. The largest absolute Gasteiger partial charge is 0.381 e. The third-order valence-corrected chi connectivity index (χ3v) is 5.66. The monoisotopic (exact) mass is 327 g/mol. The Bertz CT molecular complexity index is 837. The Morgan fingerprint density at radius 3 is 3.00 bits per heavy atom. The van der Waals surface area contributed by atoms with Crippen molar-refractivity contribution in [2.45, 2.75) is 12.8 Å². The zero-order valence-electron chi connectivity index (χ0n) is 12.7. The fourth-order valence-corrected chi connectivity index (χ4v) is 4.26. The van der Waals surface area contributed by atoms with Crippen LogP contribution < -0.4 is 4.90 Å². The fourth-order valence-electron chi connectivity index (χ4n) is 3.62. The lowest BCUT2D eigenvalue weighted by Crippen LogP contribution is -2.28. The molecule has 5 rings (SSSR count). The quantitative estimate of drug-likeness (QED) is 0.724. The molecule has 1 atom stereocenters. The van der Waals surface area contributed by atoms with E-state index in [1.165, 1.54) is 12.8 Å². The van der Waals surface area contributed by atoms with E-state index in [4.69, 9.17) is 9.84 Å². The Morgan fingerprint density at radius 1 is 1.17 bits per heavy atom. The van der Waals surface area contributed by atoms with Gasteiger partial charge in [0, 0.05) is 36.1 Å². The van der Waals surface area contributed by atoms with Crippen LogP contribution in [-0.4, -0.2) is 46.1 Å². The second-order valence-corrected chi connectivity index (χ2v) is 7.25. The summed E-state index contributed by atoms with van der Waals surface area (Å²) in [6, 6.07) is 6.10. The summed E-state index contributed by atoms with van der Waals surface area (Å²) in [6.45, 7) is 3.85. The molecule has 6 nitrogen and oxygen atoms in total. The fraction of sp³-hybridized carbons (Fsp3) is 0.438. The normalized spacial score (nSPS) is 24.3. The van der Waals surface area contributed by atoms with Crippen molar-refractivity contribution in [1.82, 2.24) is 19.8 Å². The molecular formula is C16H17N5OS. The molecular weight excluding hydrogens is 310 g/mol. The van der Waals surface area contributed by atoms with E-state index in [1.807, 2.05) is 16.0 Å². The second kappa shape index (κ2) is 5.01. The summed E-state index contributed by atoms with van der Waals surface area (Å²) in [6.07, 6.45) is 2.35. The molecule has 0 N–H and O–H groups in total. The molecule has 0 bridgehead atoms. The first kappa shape index (κ1) is 13.4. The highest BCUT2D eigenvalue weighted by molar-refractivity contribution is 7.08. The highest BCUT2D eigenvalue weighted by atomic mass is 32.1. The molecule has 2 aliphatic heterocycles. The van der Waals surface area contributed by atoms with Gasteiger partial charge in [-0.3, -0.25) is 0 Å². The van der Waals surface area contributed by atoms with Crippen molar-refractivity contribution in [3.05, 3.63) is 29.0 Å². The van der Waals surface area contributed by atoms with Crippen LogP contribution in [0, 0.1) is 5.41 Å². The molecule has 2 aliphatic rings. The number of rotatable bonds is 2. The Balaban J connectivity index is 1.52. The van der Waals surface area contributed by atoms with Crippen LogP contribution in [0.15, 0.2) is 29.0 Å². The molecule has 0 radical (unpaired) electrons. The van der Waals surface area contributed by atoms with Gasteiger partial charge in [-0.25, -0.2) is 0 Å². The van der Waals surface area contributed by atoms with E-state index in [0.29, 0.717) is 5.41 Å². The average molecular weight is 327 g/mol. The molecule has 3 aromatic rings. The molecule has 1 spiro atoms. The molecule has 118 valence electrons. The van der Waals surface area contributed by atoms with Crippen molar-refractivity contribution in [3.63, 3.8) is 0 Å². The number of fused-ring (bicyclic) bond motifs is 1. The zero-order valence-corrected chi connectivity index (χ0v) is 13.5. The summed E-state index contributed by atoms with van der Waals surface area (Å²) < 4.78 is 7.48. The number of hydrogen-bond acceptors (Lipinski definition) is 6. The van der Waals surface area contributed by atoms with Crippen LogP contribution in [0.25, 0.3) is 17.0 Å². The molecule has 7 heteroatoms. The van der Waals surface area contributed by atoms with Crippen LogP contribution in [0.5, 0.6) is 0 Å². The summed E-state index contributed by atoms with van der Waals surface area (Å²) in [7, 11) is 0. The van der Waals surface area contributed by atoms with Gasteiger partial charge in [-0.05, 0) is 36.4 Å². The SMILES string of the molecule is c1cc(-c2nnc3ccc(N4CCC5(CCOC5)C4)nn23)cs1. The predicted octanol–water partition coefficient (Wildman–Crippen LogP) is 2.47. The highest BCUT2D eigenvalue weighted by Crippen LogP contribution is 2.39. The molecule has 3 aromatic heterocycles. The maximum Gasteiger partial charge on any atom is 0.186 e. The highest BCUT2D eigenvalue weighted by Gasteiger charge is 2.41. The van der Waals surface area contributed by atoms with E-state index in [2.05, 4.69) is 32.6 Å². The van der Waals surface area contributed by atoms with Crippen LogP contribution in [0.1, 0.15) is 12.8 Å². The topological polar surface area (TPSA) is 55.5 Å². The molecule has 23 heavy (non-hydrogen) atoms. The summed E-state index contributed by atoms with van der Waals surface area (Å²) >= 11 is 1.66. The lowest BCUT2D eigenvalue weighted by molar-refractivity contribution is 0.160. The lowest BCUT2D eigenvalue weighted by atomic mass is 9.87. The molecule has 0 aliphatic carbocycles.